The average Bonchev–Trinajstić information content (AvgIpc) is 3.70. The molecule has 6 rings (SSSR count). The molecule has 0 radical (unpaired) electrons. The number of aromatic nitrogens is 8. The van der Waals surface area contributed by atoms with Crippen LogP contribution in [-0.4, -0.2) is 62.5 Å². The molecule has 0 spiro atoms. The van der Waals surface area contributed by atoms with E-state index in [1.54, 1.807) is 24.1 Å². The van der Waals surface area contributed by atoms with Crippen molar-refractivity contribution in [1.82, 2.24) is 39.3 Å². The van der Waals surface area contributed by atoms with E-state index in [-0.39, 0.29) is 23.2 Å². The lowest BCUT2D eigenvalue weighted by Gasteiger charge is -2.22. The number of alkyl halides is 6. The highest BCUT2D eigenvalue weighted by Crippen LogP contribution is 2.34. The van der Waals surface area contributed by atoms with Crippen LogP contribution in [0.2, 0.25) is 5.02 Å². The van der Waals surface area contributed by atoms with Crippen LogP contribution in [0.3, 0.4) is 0 Å². The Morgan fingerprint density at radius 1 is 1.02 bits per heavy atom. The van der Waals surface area contributed by atoms with Gasteiger partial charge in [-0.1, -0.05) is 30.2 Å². The molecule has 20 heteroatoms. The Balaban J connectivity index is 0.000000654. The molecule has 268 valence electrons. The molecule has 1 aliphatic rings. The molecule has 1 aliphatic heterocycles. The number of aliphatic carboxylic acids is 1. The highest BCUT2D eigenvalue weighted by Gasteiger charge is 2.38. The predicted molar refractivity (Wildman–Crippen MR) is 169 cm³/mol. The summed E-state index contributed by atoms with van der Waals surface area (Å²) >= 11 is 6.23. The van der Waals surface area contributed by atoms with Gasteiger partial charge in [0.2, 0.25) is 5.91 Å². The van der Waals surface area contributed by atoms with E-state index >= 15 is 0 Å². The van der Waals surface area contributed by atoms with Gasteiger partial charge in [0.1, 0.15) is 5.82 Å². The number of carboxylic acid groups (broad SMARTS) is 1. The highest BCUT2D eigenvalue weighted by molar-refractivity contribution is 6.31. The molecule has 51 heavy (non-hydrogen) atoms. The maximum atomic E-state index is 13.7. The van der Waals surface area contributed by atoms with E-state index in [4.69, 9.17) is 21.5 Å². The summed E-state index contributed by atoms with van der Waals surface area (Å²) < 4.78 is 75.4. The summed E-state index contributed by atoms with van der Waals surface area (Å²) in [6, 6.07) is 8.92. The Labute approximate surface area is 288 Å². The summed E-state index contributed by atoms with van der Waals surface area (Å²) in [5.74, 6) is -2.62. The van der Waals surface area contributed by atoms with Gasteiger partial charge in [0, 0.05) is 41.4 Å². The zero-order chi connectivity index (χ0) is 37.2. The number of halogens is 7. The monoisotopic (exact) mass is 737 g/mol. The van der Waals surface area contributed by atoms with Crippen LogP contribution < -0.4 is 10.9 Å². The maximum Gasteiger partial charge on any atom is 0.490 e. The normalized spacial score (nSPS) is 16.5. The summed E-state index contributed by atoms with van der Waals surface area (Å²) in [7, 11) is 1.75. The van der Waals surface area contributed by atoms with Crippen LogP contribution in [0.4, 0.5) is 32.2 Å². The Kier molecular flexibility index (Phi) is 10.3. The van der Waals surface area contributed by atoms with Gasteiger partial charge in [-0.15, -0.1) is 5.10 Å². The number of nitrogens with zero attached hydrogens (tertiary/aromatic N) is 8. The molecule has 5 heterocycles. The first-order valence-corrected chi connectivity index (χ1v) is 15.3. The molecule has 13 nitrogen and oxygen atoms in total. The molecule has 2 bridgehead atoms. The molecule has 0 fully saturated rings. The topological polar surface area (TPSA) is 163 Å². The standard InChI is InChI=1S/C29H25ClF3N9O2.C2HF3O2/c1-16-4-3-5-24(22-10-17(8-9-34-22)20-13-36-40(2)27(20)37-28(16)44)41-15-35-21(12-26(41)43)19-11-18(30)6-7-23(19)42-14-25(38-39-42)29(31,32)33;3-2(4,5)1(6)7/h6-16,24H,3-5H2,1-2H3,(H,37,44);(H,6,7)/t16-,24+;/m1./s1. The number of hydrogen-bond acceptors (Lipinski definition) is 8. The third kappa shape index (κ3) is 8.25. The van der Waals surface area contributed by atoms with Crippen molar-refractivity contribution in [3.63, 3.8) is 0 Å². The Hall–Kier alpha value is -5.59. The van der Waals surface area contributed by atoms with E-state index in [1.165, 1.54) is 35.2 Å². The average molecular weight is 738 g/mol. The Bertz CT molecular complexity index is 2140. The van der Waals surface area contributed by atoms with Crippen molar-refractivity contribution in [2.75, 3.05) is 5.32 Å². The van der Waals surface area contributed by atoms with Gasteiger partial charge < -0.3 is 10.4 Å². The lowest BCUT2D eigenvalue weighted by atomic mass is 9.96. The molecule has 2 atom stereocenters. The number of amides is 1. The summed E-state index contributed by atoms with van der Waals surface area (Å²) in [4.78, 5) is 44.6. The van der Waals surface area contributed by atoms with Crippen molar-refractivity contribution in [1.29, 1.82) is 0 Å². The van der Waals surface area contributed by atoms with Gasteiger partial charge in [0.05, 0.1) is 41.8 Å². The van der Waals surface area contributed by atoms with Crippen molar-refractivity contribution in [2.45, 2.75) is 44.6 Å². The van der Waals surface area contributed by atoms with E-state index in [0.717, 1.165) is 16.4 Å². The fourth-order valence-electron chi connectivity index (χ4n) is 5.23. The minimum atomic E-state index is -5.08. The van der Waals surface area contributed by atoms with Gasteiger partial charge >= 0.3 is 18.3 Å². The van der Waals surface area contributed by atoms with Crippen LogP contribution in [0.25, 0.3) is 28.1 Å². The van der Waals surface area contributed by atoms with Crippen LogP contribution in [0, 0.1) is 5.92 Å². The highest BCUT2D eigenvalue weighted by atomic mass is 35.5. The first kappa shape index (κ1) is 36.7. The van der Waals surface area contributed by atoms with Crippen molar-refractivity contribution in [2.24, 2.45) is 13.0 Å². The lowest BCUT2D eigenvalue weighted by Crippen LogP contribution is -2.27. The summed E-state index contributed by atoms with van der Waals surface area (Å²) in [5.41, 5.74) is 1.23. The van der Waals surface area contributed by atoms with Gasteiger partial charge in [0.25, 0.3) is 5.56 Å². The smallest absolute Gasteiger partial charge is 0.475 e. The minimum Gasteiger partial charge on any atom is -0.475 e. The van der Waals surface area contributed by atoms with Crippen molar-refractivity contribution < 1.29 is 41.0 Å². The van der Waals surface area contributed by atoms with Crippen LogP contribution in [0.15, 0.2) is 66.1 Å². The number of aryl methyl sites for hydroxylation is 1. The van der Waals surface area contributed by atoms with Gasteiger partial charge in [0.15, 0.2) is 5.69 Å². The van der Waals surface area contributed by atoms with Crippen molar-refractivity contribution >= 4 is 29.3 Å². The van der Waals surface area contributed by atoms with E-state index in [2.05, 4.69) is 30.7 Å². The number of nitrogens with one attached hydrogen (secondary N) is 1. The first-order valence-electron chi connectivity index (χ1n) is 14.9. The van der Waals surface area contributed by atoms with Crippen LogP contribution in [-0.2, 0) is 22.8 Å². The zero-order valence-corrected chi connectivity index (χ0v) is 27.2. The van der Waals surface area contributed by atoms with Crippen LogP contribution >= 0.6 is 11.6 Å². The van der Waals surface area contributed by atoms with Gasteiger partial charge in [-0.25, -0.2) is 14.5 Å². The molecule has 0 aliphatic carbocycles. The van der Waals surface area contributed by atoms with Crippen molar-refractivity contribution in [3.8, 4) is 28.1 Å². The van der Waals surface area contributed by atoms with E-state index in [0.29, 0.717) is 46.9 Å². The number of carboxylic acids is 1. The molecule has 4 aromatic heterocycles. The number of fused-ring (bicyclic) bond motifs is 4. The van der Waals surface area contributed by atoms with Crippen LogP contribution in [0.5, 0.6) is 0 Å². The zero-order valence-electron chi connectivity index (χ0n) is 26.4. The molecule has 1 aromatic carbocycles. The molecule has 0 saturated carbocycles. The predicted octanol–water partition coefficient (Wildman–Crippen LogP) is 5.94. The maximum absolute atomic E-state index is 13.7. The van der Waals surface area contributed by atoms with E-state index < -0.39 is 35.6 Å². The number of pyridine rings is 1. The fourth-order valence-corrected chi connectivity index (χ4v) is 5.40. The lowest BCUT2D eigenvalue weighted by molar-refractivity contribution is -0.192. The summed E-state index contributed by atoms with van der Waals surface area (Å²) in [6.45, 7) is 1.85. The second kappa shape index (κ2) is 14.3. The second-order valence-corrected chi connectivity index (χ2v) is 11.8. The fraction of sp³-hybridized carbons (Fsp3) is 0.290. The Morgan fingerprint density at radius 3 is 2.39 bits per heavy atom. The van der Waals surface area contributed by atoms with Gasteiger partial charge in [-0.05, 0) is 48.7 Å². The number of anilines is 1. The number of carbonyl (C=O) groups is 2. The third-order valence-corrected chi connectivity index (χ3v) is 8.09. The molecular weight excluding hydrogens is 712 g/mol. The summed E-state index contributed by atoms with van der Waals surface area (Å²) in [5, 5.41) is 21.6. The third-order valence-electron chi connectivity index (χ3n) is 7.86. The molecule has 0 saturated heterocycles. The molecule has 5 aromatic rings. The second-order valence-electron chi connectivity index (χ2n) is 11.4. The molecule has 1 amide bonds. The van der Waals surface area contributed by atoms with Crippen molar-refractivity contribution in [3.05, 3.63) is 88.1 Å². The van der Waals surface area contributed by atoms with E-state index in [9.17, 15) is 35.9 Å². The van der Waals surface area contributed by atoms with Gasteiger partial charge in [-0.3, -0.25) is 23.8 Å². The number of hydrogen-bond donors (Lipinski definition) is 2. The van der Waals surface area contributed by atoms with Crippen LogP contribution in [0.1, 0.15) is 43.6 Å². The van der Waals surface area contributed by atoms with E-state index in [1.807, 2.05) is 19.1 Å². The number of carbonyl (C=O) groups excluding carboxylic acids is 1. The minimum absolute atomic E-state index is 0.128. The Morgan fingerprint density at radius 2 is 1.75 bits per heavy atom. The first-order chi connectivity index (χ1) is 23.9. The number of rotatable bonds is 3. The van der Waals surface area contributed by atoms with Gasteiger partial charge in [-0.2, -0.15) is 31.4 Å². The number of benzene rings is 1. The largest absolute Gasteiger partial charge is 0.490 e. The SMILES string of the molecule is C[C@@H]1CCC[C@H](n2cnc(-c3cc(Cl)ccc3-n3cc(C(F)(F)F)nn3)cc2=O)c2cc(ccn2)-c2cnn(C)c2NC1=O.O=C(O)C(F)(F)F. The molecule has 2 N–H and O–H groups in total. The quantitative estimate of drug-likeness (QED) is 0.214. The molecule has 0 unspecified atom stereocenters. The molecular formula is C31H26ClF6N9O4. The summed E-state index contributed by atoms with van der Waals surface area (Å²) in [6.07, 6.45) is -2.63.